The van der Waals surface area contributed by atoms with Gasteiger partial charge in [-0.05, 0) is 13.0 Å². The summed E-state index contributed by atoms with van der Waals surface area (Å²) in [6.07, 6.45) is -8.06. The number of piperazine rings is 1. The summed E-state index contributed by atoms with van der Waals surface area (Å²) in [5.74, 6) is -0.717. The van der Waals surface area contributed by atoms with Crippen molar-refractivity contribution in [3.05, 3.63) is 39.9 Å². The minimum atomic E-state index is -4.89. The molecule has 1 unspecified atom stereocenters. The number of carbonyl (C=O) groups is 2. The zero-order valence-electron chi connectivity index (χ0n) is 20.3. The van der Waals surface area contributed by atoms with Crippen LogP contribution >= 0.6 is 0 Å². The van der Waals surface area contributed by atoms with Crippen LogP contribution in [0.5, 0.6) is 0 Å². The Hall–Kier alpha value is -3.89. The SMILES string of the molecule is C[C@@H](COCCC(=O)N1CCN2c3ncc(C(F)(F)F)cc3NC(=O)C2C1)Nc1cn[nH]c(=O)c1C(F)(F)F. The van der Waals surface area contributed by atoms with Gasteiger partial charge in [-0.15, -0.1) is 0 Å². The van der Waals surface area contributed by atoms with Crippen molar-refractivity contribution < 1.29 is 40.7 Å². The molecule has 2 aliphatic rings. The first-order valence-electron chi connectivity index (χ1n) is 11.7. The second-order valence-electron chi connectivity index (χ2n) is 8.99. The molecule has 4 rings (SSSR count). The van der Waals surface area contributed by atoms with E-state index in [1.165, 1.54) is 11.8 Å². The van der Waals surface area contributed by atoms with Gasteiger partial charge < -0.3 is 25.2 Å². The molecule has 11 nitrogen and oxygen atoms in total. The second-order valence-corrected chi connectivity index (χ2v) is 8.99. The lowest BCUT2D eigenvalue weighted by atomic mass is 10.1. The number of pyridine rings is 1. The number of carbonyl (C=O) groups excluding carboxylic acids is 2. The molecule has 17 heteroatoms. The Balaban J connectivity index is 1.27. The van der Waals surface area contributed by atoms with E-state index in [1.807, 2.05) is 0 Å². The van der Waals surface area contributed by atoms with E-state index in [-0.39, 0.29) is 56.7 Å². The number of ether oxygens (including phenoxy) is 1. The standard InChI is InChI=1S/C22H23F6N7O4/c1-11(31-14-8-30-33-20(38)17(14)22(26,27)28)10-39-5-2-16(36)34-3-4-35-15(9-34)19(37)32-13-6-12(21(23,24)25)7-29-18(13)35/h6-8,11,15H,2-5,9-10H2,1H3,(H,32,37)(H2,31,33,38)/t11-,15?/m0/s1. The highest BCUT2D eigenvalue weighted by Crippen LogP contribution is 2.37. The molecule has 0 aliphatic carbocycles. The fraction of sp³-hybridized carbons (Fsp3) is 0.500. The first kappa shape index (κ1) is 28.1. The number of hydrogen-bond donors (Lipinski definition) is 3. The van der Waals surface area contributed by atoms with Gasteiger partial charge in [-0.2, -0.15) is 31.4 Å². The molecule has 0 saturated carbocycles. The Morgan fingerprint density at radius 2 is 1.92 bits per heavy atom. The van der Waals surface area contributed by atoms with Crippen molar-refractivity contribution in [2.75, 3.05) is 48.4 Å². The topological polar surface area (TPSA) is 133 Å². The molecule has 2 atom stereocenters. The van der Waals surface area contributed by atoms with Gasteiger partial charge in [0.1, 0.15) is 11.6 Å². The number of amides is 2. The van der Waals surface area contributed by atoms with Crippen molar-refractivity contribution in [2.45, 2.75) is 37.8 Å². The molecule has 39 heavy (non-hydrogen) atoms. The molecule has 2 aromatic heterocycles. The molecular formula is C22H23F6N7O4. The molecule has 0 radical (unpaired) electrons. The van der Waals surface area contributed by atoms with Gasteiger partial charge in [0, 0.05) is 25.3 Å². The molecular weight excluding hydrogens is 540 g/mol. The molecule has 0 spiro atoms. The molecule has 3 N–H and O–H groups in total. The van der Waals surface area contributed by atoms with Gasteiger partial charge in [0.15, 0.2) is 5.82 Å². The summed E-state index contributed by atoms with van der Waals surface area (Å²) in [7, 11) is 0. The van der Waals surface area contributed by atoms with Gasteiger partial charge in [-0.1, -0.05) is 0 Å². The van der Waals surface area contributed by atoms with E-state index < -0.39 is 52.7 Å². The van der Waals surface area contributed by atoms with Crippen LogP contribution in [0.4, 0.5) is 43.5 Å². The molecule has 212 valence electrons. The lowest BCUT2D eigenvalue weighted by Crippen LogP contribution is -2.61. The van der Waals surface area contributed by atoms with E-state index in [1.54, 1.807) is 10.00 Å². The van der Waals surface area contributed by atoms with Crippen LogP contribution in [-0.2, 0) is 26.7 Å². The van der Waals surface area contributed by atoms with Crippen molar-refractivity contribution in [1.82, 2.24) is 20.1 Å². The minimum absolute atomic E-state index is 0.0134. The molecule has 0 aromatic carbocycles. The smallest absolute Gasteiger partial charge is 0.379 e. The fourth-order valence-corrected chi connectivity index (χ4v) is 4.31. The third-order valence-electron chi connectivity index (χ3n) is 6.13. The summed E-state index contributed by atoms with van der Waals surface area (Å²) >= 11 is 0. The summed E-state index contributed by atoms with van der Waals surface area (Å²) < 4.78 is 83.9. The average molecular weight is 563 g/mol. The number of aromatic nitrogens is 3. The van der Waals surface area contributed by atoms with Crippen LogP contribution in [0.15, 0.2) is 23.3 Å². The molecule has 1 fully saturated rings. The van der Waals surface area contributed by atoms with Crippen LogP contribution in [0.3, 0.4) is 0 Å². The van der Waals surface area contributed by atoms with Gasteiger partial charge in [-0.3, -0.25) is 14.4 Å². The van der Waals surface area contributed by atoms with Gasteiger partial charge in [0.05, 0.1) is 49.3 Å². The Morgan fingerprint density at radius 3 is 2.62 bits per heavy atom. The highest BCUT2D eigenvalue weighted by atomic mass is 19.4. The summed E-state index contributed by atoms with van der Waals surface area (Å²) in [4.78, 5) is 43.7. The van der Waals surface area contributed by atoms with Crippen molar-refractivity contribution in [1.29, 1.82) is 0 Å². The number of rotatable bonds is 7. The predicted molar refractivity (Wildman–Crippen MR) is 124 cm³/mol. The number of alkyl halides is 6. The van der Waals surface area contributed by atoms with Gasteiger partial charge in [-0.25, -0.2) is 10.1 Å². The highest BCUT2D eigenvalue weighted by molar-refractivity contribution is 6.03. The number of nitrogens with zero attached hydrogens (tertiary/aromatic N) is 4. The van der Waals surface area contributed by atoms with Gasteiger partial charge >= 0.3 is 12.4 Å². The Morgan fingerprint density at radius 1 is 1.18 bits per heavy atom. The Bertz CT molecular complexity index is 1300. The lowest BCUT2D eigenvalue weighted by Gasteiger charge is -2.44. The maximum absolute atomic E-state index is 13.2. The van der Waals surface area contributed by atoms with E-state index in [2.05, 4.69) is 20.7 Å². The van der Waals surface area contributed by atoms with E-state index >= 15 is 0 Å². The molecule has 2 aliphatic heterocycles. The van der Waals surface area contributed by atoms with Crippen molar-refractivity contribution in [3.8, 4) is 0 Å². The molecule has 2 amide bonds. The van der Waals surface area contributed by atoms with E-state index in [4.69, 9.17) is 4.74 Å². The predicted octanol–water partition coefficient (Wildman–Crippen LogP) is 2.08. The number of nitrogens with one attached hydrogen (secondary N) is 3. The number of hydrogen-bond acceptors (Lipinski definition) is 8. The summed E-state index contributed by atoms with van der Waals surface area (Å²) in [6, 6.07) is -0.683. The average Bonchev–Trinajstić information content (AvgIpc) is 2.84. The number of H-pyrrole nitrogens is 1. The first-order valence-corrected chi connectivity index (χ1v) is 11.7. The van der Waals surface area contributed by atoms with Crippen LogP contribution in [0, 0.1) is 0 Å². The van der Waals surface area contributed by atoms with Crippen LogP contribution in [0.25, 0.3) is 0 Å². The van der Waals surface area contributed by atoms with Crippen LogP contribution < -0.4 is 21.1 Å². The van der Waals surface area contributed by atoms with Crippen LogP contribution in [0.1, 0.15) is 24.5 Å². The second kappa shape index (κ2) is 10.7. The van der Waals surface area contributed by atoms with E-state index in [9.17, 15) is 40.7 Å². The summed E-state index contributed by atoms with van der Waals surface area (Å²) in [5, 5.41) is 10.1. The number of anilines is 3. The fourth-order valence-electron chi connectivity index (χ4n) is 4.31. The summed E-state index contributed by atoms with van der Waals surface area (Å²) in [6.45, 7) is 1.72. The normalized spacial score (nSPS) is 18.2. The molecule has 0 bridgehead atoms. The first-order chi connectivity index (χ1) is 18.3. The quantitative estimate of drug-likeness (QED) is 0.345. The monoisotopic (exact) mass is 563 g/mol. The molecule has 2 aromatic rings. The van der Waals surface area contributed by atoms with Gasteiger partial charge in [0.2, 0.25) is 11.8 Å². The number of fused-ring (bicyclic) bond motifs is 3. The molecule has 4 heterocycles. The van der Waals surface area contributed by atoms with E-state index in [0.717, 1.165) is 12.3 Å². The number of aromatic amines is 1. The minimum Gasteiger partial charge on any atom is -0.379 e. The zero-order chi connectivity index (χ0) is 28.5. The largest absolute Gasteiger partial charge is 0.423 e. The van der Waals surface area contributed by atoms with Crippen molar-refractivity contribution in [2.24, 2.45) is 0 Å². The van der Waals surface area contributed by atoms with Gasteiger partial charge in [0.25, 0.3) is 5.56 Å². The zero-order valence-corrected chi connectivity index (χ0v) is 20.3. The van der Waals surface area contributed by atoms with E-state index in [0.29, 0.717) is 6.20 Å². The highest BCUT2D eigenvalue weighted by Gasteiger charge is 2.41. The van der Waals surface area contributed by atoms with Crippen molar-refractivity contribution in [3.63, 3.8) is 0 Å². The van der Waals surface area contributed by atoms with Crippen LogP contribution in [-0.4, -0.2) is 76.8 Å². The maximum atomic E-state index is 13.2. The maximum Gasteiger partial charge on any atom is 0.423 e. The molecule has 1 saturated heterocycles. The Labute approximate surface area is 216 Å². The summed E-state index contributed by atoms with van der Waals surface area (Å²) in [5.41, 5.74) is -4.35. The third kappa shape index (κ3) is 6.23. The lowest BCUT2D eigenvalue weighted by molar-refractivity contribution is -0.138. The number of halogens is 6. The Kier molecular flexibility index (Phi) is 7.72. The van der Waals surface area contributed by atoms with Crippen LogP contribution in [0.2, 0.25) is 0 Å². The third-order valence-corrected chi connectivity index (χ3v) is 6.13. The van der Waals surface area contributed by atoms with Crippen molar-refractivity contribution >= 4 is 29.0 Å².